The van der Waals surface area contributed by atoms with E-state index in [9.17, 15) is 0 Å². The lowest BCUT2D eigenvalue weighted by atomic mass is 10.0. The minimum atomic E-state index is 0.319. The molecule has 1 aromatic rings. The maximum atomic E-state index is 5.50. The van der Waals surface area contributed by atoms with Gasteiger partial charge in [-0.15, -0.1) is 0 Å². The molecule has 1 N–H and O–H groups in total. The number of ether oxygens (including phenoxy) is 1. The number of aliphatic imine (C=N–C) groups is 1. The molecule has 0 aliphatic carbocycles. The highest BCUT2D eigenvalue weighted by atomic mass is 16.5. The Morgan fingerprint density at radius 1 is 1.22 bits per heavy atom. The normalized spacial score (nSPS) is 23.1. The molecule has 0 aromatic heterocycles. The van der Waals surface area contributed by atoms with Crippen molar-refractivity contribution in [2.75, 3.05) is 67.1 Å². The molecule has 2 fully saturated rings. The van der Waals surface area contributed by atoms with E-state index in [1.807, 2.05) is 7.05 Å². The van der Waals surface area contributed by atoms with Crippen molar-refractivity contribution >= 4 is 5.96 Å². The van der Waals surface area contributed by atoms with Gasteiger partial charge in [0.05, 0.1) is 19.3 Å². The predicted octanol–water partition coefficient (Wildman–Crippen LogP) is 1.58. The molecule has 6 heteroatoms. The third-order valence-electron chi connectivity index (χ3n) is 5.78. The summed E-state index contributed by atoms with van der Waals surface area (Å²) in [5.41, 5.74) is 2.63. The molecule has 2 aliphatic rings. The molecule has 0 amide bonds. The minimum absolute atomic E-state index is 0.319. The van der Waals surface area contributed by atoms with Crippen molar-refractivity contribution in [2.45, 2.75) is 25.4 Å². The number of benzene rings is 1. The van der Waals surface area contributed by atoms with Crippen LogP contribution in [0.3, 0.4) is 0 Å². The largest absolute Gasteiger partial charge is 0.379 e. The van der Waals surface area contributed by atoms with E-state index in [1.165, 1.54) is 17.5 Å². The van der Waals surface area contributed by atoms with Crippen LogP contribution in [0.4, 0.5) is 0 Å². The summed E-state index contributed by atoms with van der Waals surface area (Å²) in [4.78, 5) is 11.8. The van der Waals surface area contributed by atoms with Crippen LogP contribution in [0.25, 0.3) is 0 Å². The molecule has 150 valence electrons. The summed E-state index contributed by atoms with van der Waals surface area (Å²) < 4.78 is 5.50. The van der Waals surface area contributed by atoms with Gasteiger partial charge in [-0.3, -0.25) is 9.89 Å². The number of rotatable bonds is 5. The Hall–Kier alpha value is -1.63. The van der Waals surface area contributed by atoms with E-state index in [1.54, 1.807) is 0 Å². The van der Waals surface area contributed by atoms with Crippen LogP contribution in [0.1, 0.15) is 23.6 Å². The van der Waals surface area contributed by atoms with Gasteiger partial charge in [0.25, 0.3) is 0 Å². The first-order valence-electron chi connectivity index (χ1n) is 10.1. The number of nitrogens with zero attached hydrogens (tertiary/aromatic N) is 4. The molecule has 6 nitrogen and oxygen atoms in total. The quantitative estimate of drug-likeness (QED) is 0.627. The molecule has 2 unspecified atom stereocenters. The fraction of sp³-hybridized carbons (Fsp3) is 0.667. The lowest BCUT2D eigenvalue weighted by Crippen LogP contribution is -2.47. The summed E-state index contributed by atoms with van der Waals surface area (Å²) in [6.07, 6.45) is 1.20. The SMILES string of the molecule is CN=C(NCC(c1ccc(C)cc1)N(C)C)N1CCC(N2CCOCC2)C1. The van der Waals surface area contributed by atoms with Crippen LogP contribution in [-0.2, 0) is 4.74 Å². The highest BCUT2D eigenvalue weighted by Crippen LogP contribution is 2.20. The first-order valence-corrected chi connectivity index (χ1v) is 10.1. The van der Waals surface area contributed by atoms with E-state index < -0.39 is 0 Å². The number of likely N-dealkylation sites (N-methyl/N-ethyl adjacent to an activating group) is 1. The van der Waals surface area contributed by atoms with E-state index in [-0.39, 0.29) is 0 Å². The van der Waals surface area contributed by atoms with Gasteiger partial charge < -0.3 is 19.9 Å². The fourth-order valence-corrected chi connectivity index (χ4v) is 4.08. The van der Waals surface area contributed by atoms with E-state index in [4.69, 9.17) is 4.74 Å². The zero-order valence-corrected chi connectivity index (χ0v) is 17.3. The van der Waals surface area contributed by atoms with Crippen LogP contribution >= 0.6 is 0 Å². The van der Waals surface area contributed by atoms with E-state index in [2.05, 4.69) is 70.3 Å². The Morgan fingerprint density at radius 2 is 1.93 bits per heavy atom. The van der Waals surface area contributed by atoms with Crippen molar-refractivity contribution < 1.29 is 4.74 Å². The Balaban J connectivity index is 1.57. The highest BCUT2D eigenvalue weighted by Gasteiger charge is 2.30. The van der Waals surface area contributed by atoms with Crippen molar-refractivity contribution in [3.63, 3.8) is 0 Å². The molecule has 1 aromatic carbocycles. The number of hydrogen-bond acceptors (Lipinski definition) is 4. The van der Waals surface area contributed by atoms with Gasteiger partial charge >= 0.3 is 0 Å². The average Bonchev–Trinajstić information content (AvgIpc) is 3.17. The molecule has 0 spiro atoms. The summed E-state index contributed by atoms with van der Waals surface area (Å²) in [5.74, 6) is 1.02. The van der Waals surface area contributed by atoms with Crippen molar-refractivity contribution in [3.8, 4) is 0 Å². The van der Waals surface area contributed by atoms with Gasteiger partial charge in [0, 0.05) is 45.8 Å². The van der Waals surface area contributed by atoms with Gasteiger partial charge in [0.2, 0.25) is 0 Å². The molecule has 2 saturated heterocycles. The van der Waals surface area contributed by atoms with Crippen LogP contribution in [0.5, 0.6) is 0 Å². The molecule has 0 saturated carbocycles. The van der Waals surface area contributed by atoms with Crippen molar-refractivity contribution in [1.82, 2.24) is 20.0 Å². The summed E-state index contributed by atoms with van der Waals surface area (Å²) >= 11 is 0. The number of hydrogen-bond donors (Lipinski definition) is 1. The summed E-state index contributed by atoms with van der Waals surface area (Å²) in [5, 5.41) is 3.62. The van der Waals surface area contributed by atoms with Crippen molar-refractivity contribution in [3.05, 3.63) is 35.4 Å². The topological polar surface area (TPSA) is 43.3 Å². The van der Waals surface area contributed by atoms with Gasteiger partial charge in [-0.1, -0.05) is 29.8 Å². The lowest BCUT2D eigenvalue weighted by Gasteiger charge is -2.32. The smallest absolute Gasteiger partial charge is 0.193 e. The molecular formula is C21H35N5O. The molecule has 3 rings (SSSR count). The average molecular weight is 374 g/mol. The third-order valence-corrected chi connectivity index (χ3v) is 5.78. The second-order valence-corrected chi connectivity index (χ2v) is 7.86. The van der Waals surface area contributed by atoms with E-state index in [0.717, 1.165) is 51.9 Å². The molecule has 0 radical (unpaired) electrons. The summed E-state index contributed by atoms with van der Waals surface area (Å²) in [6.45, 7) is 8.94. The molecule has 0 bridgehead atoms. The van der Waals surface area contributed by atoms with Gasteiger partial charge in [0.15, 0.2) is 5.96 Å². The van der Waals surface area contributed by atoms with E-state index in [0.29, 0.717) is 12.1 Å². The van der Waals surface area contributed by atoms with Gasteiger partial charge in [-0.05, 0) is 33.0 Å². The number of morpholine rings is 1. The Labute approximate surface area is 164 Å². The van der Waals surface area contributed by atoms with Gasteiger partial charge in [-0.2, -0.15) is 0 Å². The maximum absolute atomic E-state index is 5.50. The van der Waals surface area contributed by atoms with Crippen LogP contribution in [0.15, 0.2) is 29.3 Å². The zero-order chi connectivity index (χ0) is 19.2. The monoisotopic (exact) mass is 373 g/mol. The molecule has 2 heterocycles. The highest BCUT2D eigenvalue weighted by molar-refractivity contribution is 5.80. The minimum Gasteiger partial charge on any atom is -0.379 e. The third kappa shape index (κ3) is 5.21. The Kier molecular flexibility index (Phi) is 7.10. The van der Waals surface area contributed by atoms with Crippen molar-refractivity contribution in [1.29, 1.82) is 0 Å². The number of guanidine groups is 1. The maximum Gasteiger partial charge on any atom is 0.193 e. The fourth-order valence-electron chi connectivity index (χ4n) is 4.08. The lowest BCUT2D eigenvalue weighted by molar-refractivity contribution is 0.0195. The molecule has 27 heavy (non-hydrogen) atoms. The first-order chi connectivity index (χ1) is 13.1. The van der Waals surface area contributed by atoms with Crippen LogP contribution in [0.2, 0.25) is 0 Å². The van der Waals surface area contributed by atoms with Crippen LogP contribution in [0, 0.1) is 6.92 Å². The number of likely N-dealkylation sites (tertiary alicyclic amines) is 1. The molecular weight excluding hydrogens is 338 g/mol. The first kappa shape index (κ1) is 20.1. The summed E-state index contributed by atoms with van der Waals surface area (Å²) in [6, 6.07) is 9.78. The van der Waals surface area contributed by atoms with E-state index >= 15 is 0 Å². The second kappa shape index (κ2) is 9.53. The Morgan fingerprint density at radius 3 is 2.56 bits per heavy atom. The van der Waals surface area contributed by atoms with Gasteiger partial charge in [0.1, 0.15) is 0 Å². The van der Waals surface area contributed by atoms with Crippen LogP contribution < -0.4 is 5.32 Å². The number of aryl methyl sites for hydroxylation is 1. The number of nitrogens with one attached hydrogen (secondary N) is 1. The predicted molar refractivity (Wildman–Crippen MR) is 111 cm³/mol. The molecule has 2 atom stereocenters. The summed E-state index contributed by atoms with van der Waals surface area (Å²) in [7, 11) is 6.17. The molecule has 2 aliphatic heterocycles. The second-order valence-electron chi connectivity index (χ2n) is 7.86. The Bertz CT molecular complexity index is 610. The zero-order valence-electron chi connectivity index (χ0n) is 17.3. The van der Waals surface area contributed by atoms with Crippen LogP contribution in [-0.4, -0.2) is 93.8 Å². The standard InChI is InChI=1S/C21H35N5O/c1-17-5-7-18(8-6-17)20(24(3)4)15-23-21(22-2)26-10-9-19(16-26)25-11-13-27-14-12-25/h5-8,19-20H,9-16H2,1-4H3,(H,22,23). The van der Waals surface area contributed by atoms with Gasteiger partial charge in [-0.25, -0.2) is 0 Å². The van der Waals surface area contributed by atoms with Crippen molar-refractivity contribution in [2.24, 2.45) is 4.99 Å².